The lowest BCUT2D eigenvalue weighted by Gasteiger charge is -1.95. The Bertz CT molecular complexity index is 215. The van der Waals surface area contributed by atoms with Gasteiger partial charge in [0.15, 0.2) is 0 Å². The molecule has 0 amide bonds. The Morgan fingerprint density at radius 3 is 2.90 bits per heavy atom. The van der Waals surface area contributed by atoms with E-state index < -0.39 is 0 Å². The minimum atomic E-state index is 0.625. The van der Waals surface area contributed by atoms with Crippen molar-refractivity contribution in [2.24, 2.45) is 0 Å². The highest BCUT2D eigenvalue weighted by atomic mass is 127. The summed E-state index contributed by atoms with van der Waals surface area (Å²) in [7, 11) is 0. The van der Waals surface area contributed by atoms with Gasteiger partial charge in [0.2, 0.25) is 0 Å². The van der Waals surface area contributed by atoms with E-state index >= 15 is 0 Å². The molecule has 0 aliphatic heterocycles. The van der Waals surface area contributed by atoms with E-state index in [-0.39, 0.29) is 0 Å². The Morgan fingerprint density at radius 2 is 2.30 bits per heavy atom. The average molecular weight is 285 g/mol. The summed E-state index contributed by atoms with van der Waals surface area (Å²) in [6.07, 6.45) is 0. The Kier molecular flexibility index (Phi) is 3.88. The second-order valence-electron chi connectivity index (χ2n) is 1.71. The van der Waals surface area contributed by atoms with E-state index in [1.165, 1.54) is 8.47 Å². The van der Waals surface area contributed by atoms with Crippen LogP contribution in [0.2, 0.25) is 0 Å². The molecule has 0 atom stereocenters. The third-order valence-electron chi connectivity index (χ3n) is 1.02. The van der Waals surface area contributed by atoms with Gasteiger partial charge in [-0.25, -0.2) is 0 Å². The standard InChI is InChI=1S/C7H6ClIS/c8-5-10-7-3-1-2-6(9)4-7/h1-4H,5H2. The number of hydrogen-bond acceptors (Lipinski definition) is 1. The molecule has 0 unspecified atom stereocenters. The number of hydrogen-bond donors (Lipinski definition) is 0. The summed E-state index contributed by atoms with van der Waals surface area (Å²) in [6, 6.07) is 8.29. The predicted octanol–water partition coefficient (Wildman–Crippen LogP) is 3.58. The molecule has 1 rings (SSSR count). The monoisotopic (exact) mass is 284 g/mol. The number of benzene rings is 1. The van der Waals surface area contributed by atoms with Crippen molar-refractivity contribution in [1.29, 1.82) is 0 Å². The maximum atomic E-state index is 5.55. The van der Waals surface area contributed by atoms with Crippen LogP contribution in [0.25, 0.3) is 0 Å². The van der Waals surface area contributed by atoms with Crippen LogP contribution in [0.1, 0.15) is 0 Å². The van der Waals surface area contributed by atoms with Crippen LogP contribution in [0.5, 0.6) is 0 Å². The first-order valence-electron chi connectivity index (χ1n) is 2.77. The molecule has 0 aliphatic carbocycles. The molecule has 10 heavy (non-hydrogen) atoms. The molecular weight excluding hydrogens is 279 g/mol. The predicted molar refractivity (Wildman–Crippen MR) is 55.7 cm³/mol. The van der Waals surface area contributed by atoms with E-state index in [2.05, 4.69) is 40.8 Å². The maximum absolute atomic E-state index is 5.55. The molecule has 0 nitrogen and oxygen atoms in total. The van der Waals surface area contributed by atoms with Gasteiger partial charge in [0.05, 0.1) is 5.21 Å². The zero-order valence-electron chi connectivity index (χ0n) is 5.18. The van der Waals surface area contributed by atoms with Crippen LogP contribution in [0.3, 0.4) is 0 Å². The van der Waals surface area contributed by atoms with Gasteiger partial charge < -0.3 is 0 Å². The fourth-order valence-corrected chi connectivity index (χ4v) is 2.26. The minimum Gasteiger partial charge on any atom is -0.114 e. The van der Waals surface area contributed by atoms with Crippen molar-refractivity contribution in [2.75, 3.05) is 5.21 Å². The largest absolute Gasteiger partial charge is 0.114 e. The van der Waals surface area contributed by atoms with Crippen molar-refractivity contribution < 1.29 is 0 Å². The quantitative estimate of drug-likeness (QED) is 0.454. The minimum absolute atomic E-state index is 0.625. The summed E-state index contributed by atoms with van der Waals surface area (Å²) >= 11 is 9.49. The molecule has 0 saturated heterocycles. The summed E-state index contributed by atoms with van der Waals surface area (Å²) in [5, 5.41) is 0.625. The van der Waals surface area contributed by atoms with Crippen LogP contribution in [-0.4, -0.2) is 5.21 Å². The lowest BCUT2D eigenvalue weighted by Crippen LogP contribution is -1.72. The first kappa shape index (κ1) is 8.68. The maximum Gasteiger partial charge on any atom is 0.0727 e. The highest BCUT2D eigenvalue weighted by Crippen LogP contribution is 2.20. The van der Waals surface area contributed by atoms with Crippen molar-refractivity contribution in [3.63, 3.8) is 0 Å². The first-order valence-corrected chi connectivity index (χ1v) is 5.37. The molecular formula is C7H6ClIS. The molecule has 0 heterocycles. The van der Waals surface area contributed by atoms with Gasteiger partial charge in [0, 0.05) is 8.47 Å². The lowest BCUT2D eigenvalue weighted by atomic mass is 10.4. The molecule has 1 aromatic carbocycles. The number of alkyl halides is 1. The van der Waals surface area contributed by atoms with Gasteiger partial charge in [0.25, 0.3) is 0 Å². The summed E-state index contributed by atoms with van der Waals surface area (Å²) < 4.78 is 1.26. The van der Waals surface area contributed by atoms with Gasteiger partial charge in [-0.1, -0.05) is 6.07 Å². The van der Waals surface area contributed by atoms with E-state index in [1.54, 1.807) is 11.8 Å². The topological polar surface area (TPSA) is 0 Å². The SMILES string of the molecule is ClCSc1cccc(I)c1. The zero-order chi connectivity index (χ0) is 7.40. The Hall–Kier alpha value is 0.590. The summed E-state index contributed by atoms with van der Waals surface area (Å²) in [5.74, 6) is 0. The highest BCUT2D eigenvalue weighted by molar-refractivity contribution is 14.1. The molecule has 0 N–H and O–H groups in total. The molecule has 54 valence electrons. The smallest absolute Gasteiger partial charge is 0.0727 e. The molecule has 3 heteroatoms. The molecule has 0 radical (unpaired) electrons. The van der Waals surface area contributed by atoms with Crippen LogP contribution in [0.15, 0.2) is 29.2 Å². The van der Waals surface area contributed by atoms with Gasteiger partial charge in [-0.15, -0.1) is 23.4 Å². The second kappa shape index (κ2) is 4.46. The summed E-state index contributed by atoms with van der Waals surface area (Å²) in [4.78, 5) is 1.24. The molecule has 0 saturated carbocycles. The van der Waals surface area contributed by atoms with E-state index in [4.69, 9.17) is 11.6 Å². The van der Waals surface area contributed by atoms with Gasteiger partial charge >= 0.3 is 0 Å². The Balaban J connectivity index is 2.75. The van der Waals surface area contributed by atoms with Crippen molar-refractivity contribution in [3.8, 4) is 0 Å². The van der Waals surface area contributed by atoms with Gasteiger partial charge in [0.1, 0.15) is 0 Å². The second-order valence-corrected chi connectivity index (χ2v) is 4.59. The Morgan fingerprint density at radius 1 is 1.50 bits per heavy atom. The third-order valence-corrected chi connectivity index (χ3v) is 2.71. The van der Waals surface area contributed by atoms with Crippen LogP contribution >= 0.6 is 46.0 Å². The van der Waals surface area contributed by atoms with E-state index in [9.17, 15) is 0 Å². The number of halogens is 2. The van der Waals surface area contributed by atoms with Gasteiger partial charge in [-0.2, -0.15) is 0 Å². The fourth-order valence-electron chi connectivity index (χ4n) is 0.620. The van der Waals surface area contributed by atoms with Crippen LogP contribution in [0.4, 0.5) is 0 Å². The van der Waals surface area contributed by atoms with Crippen molar-refractivity contribution >= 4 is 46.0 Å². The van der Waals surface area contributed by atoms with Crippen LogP contribution in [0, 0.1) is 3.57 Å². The number of thioether (sulfide) groups is 1. The molecule has 1 aromatic rings. The van der Waals surface area contributed by atoms with Crippen molar-refractivity contribution in [1.82, 2.24) is 0 Å². The highest BCUT2D eigenvalue weighted by Gasteiger charge is 1.91. The molecule has 0 spiro atoms. The normalized spacial score (nSPS) is 9.80. The fraction of sp³-hybridized carbons (Fsp3) is 0.143. The molecule has 0 bridgehead atoms. The lowest BCUT2D eigenvalue weighted by molar-refractivity contribution is 1.44. The average Bonchev–Trinajstić information content (AvgIpc) is 1.88. The van der Waals surface area contributed by atoms with Crippen LogP contribution in [-0.2, 0) is 0 Å². The Labute approximate surface area is 83.5 Å². The summed E-state index contributed by atoms with van der Waals surface area (Å²) in [6.45, 7) is 0. The molecule has 0 aromatic heterocycles. The summed E-state index contributed by atoms with van der Waals surface area (Å²) in [5.41, 5.74) is 0. The zero-order valence-corrected chi connectivity index (χ0v) is 8.91. The van der Waals surface area contributed by atoms with E-state index in [0.717, 1.165) is 0 Å². The molecule has 0 aliphatic rings. The van der Waals surface area contributed by atoms with E-state index in [0.29, 0.717) is 5.21 Å². The van der Waals surface area contributed by atoms with Crippen molar-refractivity contribution in [2.45, 2.75) is 4.90 Å². The van der Waals surface area contributed by atoms with Crippen LogP contribution < -0.4 is 0 Å². The number of rotatable bonds is 2. The van der Waals surface area contributed by atoms with Gasteiger partial charge in [-0.05, 0) is 40.8 Å². The third kappa shape index (κ3) is 2.68. The first-order chi connectivity index (χ1) is 4.83. The van der Waals surface area contributed by atoms with Crippen molar-refractivity contribution in [3.05, 3.63) is 27.8 Å². The van der Waals surface area contributed by atoms with E-state index in [1.807, 2.05) is 6.07 Å². The van der Waals surface area contributed by atoms with Gasteiger partial charge in [-0.3, -0.25) is 0 Å². The molecule has 0 fully saturated rings.